The molecule has 1 aromatic heterocycles. The van der Waals surface area contributed by atoms with Gasteiger partial charge in [0.1, 0.15) is 22.8 Å². The topological polar surface area (TPSA) is 61.1 Å². The summed E-state index contributed by atoms with van der Waals surface area (Å²) in [5.41, 5.74) is 5.17. The lowest BCUT2D eigenvalue weighted by Crippen LogP contribution is -2.41. The summed E-state index contributed by atoms with van der Waals surface area (Å²) in [6.07, 6.45) is 4.66. The van der Waals surface area contributed by atoms with E-state index >= 15 is 0 Å². The predicted octanol–water partition coefficient (Wildman–Crippen LogP) is 6.73. The van der Waals surface area contributed by atoms with Crippen LogP contribution in [0, 0.1) is 18.8 Å². The smallest absolute Gasteiger partial charge is 0.246 e. The number of allylic oxidation sites excluding steroid dienone is 1. The van der Waals surface area contributed by atoms with Crippen LogP contribution < -0.4 is 14.2 Å². The van der Waals surface area contributed by atoms with Gasteiger partial charge in [0.05, 0.1) is 27.1 Å². The van der Waals surface area contributed by atoms with E-state index in [1.54, 1.807) is 26.6 Å². The van der Waals surface area contributed by atoms with E-state index in [2.05, 4.69) is 19.9 Å². The van der Waals surface area contributed by atoms with Crippen molar-refractivity contribution in [2.75, 3.05) is 33.9 Å². The number of aryl methyl sites for hydroxylation is 1. The molecule has 6 nitrogen and oxygen atoms in total. The summed E-state index contributed by atoms with van der Waals surface area (Å²) < 4.78 is 23.2. The zero-order valence-corrected chi connectivity index (χ0v) is 22.4. The fourth-order valence-electron chi connectivity index (χ4n) is 5.37. The van der Waals surface area contributed by atoms with Gasteiger partial charge in [0.25, 0.3) is 0 Å². The molecule has 1 aliphatic heterocycles. The average molecular weight is 492 g/mol. The number of hydrogen-bond acceptors (Lipinski definition) is 5. The highest BCUT2D eigenvalue weighted by molar-refractivity contribution is 6.02. The highest BCUT2D eigenvalue weighted by Crippen LogP contribution is 2.43. The molecule has 1 saturated heterocycles. The maximum atomic E-state index is 13.2. The Labute approximate surface area is 213 Å². The maximum Gasteiger partial charge on any atom is 0.246 e. The lowest BCUT2D eigenvalue weighted by molar-refractivity contribution is -0.128. The molecule has 0 aliphatic carbocycles. The average Bonchev–Trinajstić information content (AvgIpc) is 3.28. The second-order valence-corrected chi connectivity index (χ2v) is 9.92. The molecule has 1 amide bonds. The zero-order valence-electron chi connectivity index (χ0n) is 22.4. The Kier molecular flexibility index (Phi) is 7.62. The predicted molar refractivity (Wildman–Crippen MR) is 144 cm³/mol. The highest BCUT2D eigenvalue weighted by Gasteiger charge is 2.25. The van der Waals surface area contributed by atoms with Crippen LogP contribution in [0.1, 0.15) is 45.2 Å². The molecule has 2 unspecified atom stereocenters. The molecule has 0 N–H and O–H groups in total. The van der Waals surface area contributed by atoms with E-state index in [1.165, 1.54) is 0 Å². The van der Waals surface area contributed by atoms with Crippen molar-refractivity contribution in [3.8, 4) is 28.4 Å². The fraction of sp³-hybridized carbons (Fsp3) is 0.433. The normalized spacial score (nSPS) is 18.4. The number of amides is 1. The van der Waals surface area contributed by atoms with Crippen LogP contribution in [-0.4, -0.2) is 44.7 Å². The quantitative estimate of drug-likeness (QED) is 0.343. The molecule has 192 valence electrons. The number of nitrogens with zero attached hydrogens (tertiary/aromatic N) is 1. The van der Waals surface area contributed by atoms with E-state index < -0.39 is 0 Å². The van der Waals surface area contributed by atoms with Crippen molar-refractivity contribution in [1.29, 1.82) is 0 Å². The summed E-state index contributed by atoms with van der Waals surface area (Å²) in [6, 6.07) is 7.76. The molecule has 0 radical (unpaired) electrons. The Bertz CT molecular complexity index is 1280. The number of likely N-dealkylation sites (tertiary alicyclic amines) is 1. The minimum Gasteiger partial charge on any atom is -0.497 e. The van der Waals surface area contributed by atoms with Gasteiger partial charge in [0.2, 0.25) is 5.91 Å². The van der Waals surface area contributed by atoms with Crippen LogP contribution in [0.4, 0.5) is 0 Å². The summed E-state index contributed by atoms with van der Waals surface area (Å²) in [6.45, 7) is 12.5. The first-order valence-corrected chi connectivity index (χ1v) is 12.6. The molecular formula is C30H37NO5. The van der Waals surface area contributed by atoms with E-state index in [4.69, 9.17) is 18.6 Å². The van der Waals surface area contributed by atoms with Crippen molar-refractivity contribution < 1.29 is 23.4 Å². The van der Waals surface area contributed by atoms with Gasteiger partial charge in [0.15, 0.2) is 0 Å². The van der Waals surface area contributed by atoms with E-state index in [0.717, 1.165) is 75.6 Å². The standard InChI is InChI=1S/C30H37NO5/c1-8-35-29-21(5)30-25(26(17-36-30)24-13-22(33-6)9-10-27(24)34-7)14-23(29)20(4)12-28(32)31-15-18(2)11-19(3)16-31/h9-10,12-14,17-19H,8,11,15-16H2,1-7H3/b20-12+. The van der Waals surface area contributed by atoms with Gasteiger partial charge in [-0.05, 0) is 68.9 Å². The third kappa shape index (κ3) is 4.95. The monoisotopic (exact) mass is 491 g/mol. The molecule has 6 heteroatoms. The van der Waals surface area contributed by atoms with Crippen molar-refractivity contribution in [3.63, 3.8) is 0 Å². The van der Waals surface area contributed by atoms with E-state index in [0.29, 0.717) is 18.4 Å². The number of carbonyl (C=O) groups is 1. The molecular weight excluding hydrogens is 454 g/mol. The summed E-state index contributed by atoms with van der Waals surface area (Å²) in [5, 5.41) is 0.929. The molecule has 2 aromatic carbocycles. The molecule has 4 rings (SSSR count). The van der Waals surface area contributed by atoms with Gasteiger partial charge in [-0.15, -0.1) is 0 Å². The van der Waals surface area contributed by atoms with Crippen LogP contribution in [0.2, 0.25) is 0 Å². The lowest BCUT2D eigenvalue weighted by atomic mass is 9.91. The van der Waals surface area contributed by atoms with Crippen LogP contribution >= 0.6 is 0 Å². The van der Waals surface area contributed by atoms with Gasteiger partial charge in [-0.25, -0.2) is 0 Å². The molecule has 2 atom stereocenters. The number of piperidine rings is 1. The van der Waals surface area contributed by atoms with E-state index in [-0.39, 0.29) is 5.91 Å². The fourth-order valence-corrected chi connectivity index (χ4v) is 5.37. The third-order valence-electron chi connectivity index (χ3n) is 6.97. The second kappa shape index (κ2) is 10.7. The first-order valence-electron chi connectivity index (χ1n) is 12.6. The van der Waals surface area contributed by atoms with Crippen LogP contribution in [0.3, 0.4) is 0 Å². The summed E-state index contributed by atoms with van der Waals surface area (Å²) in [5.74, 6) is 3.26. The summed E-state index contributed by atoms with van der Waals surface area (Å²) in [7, 11) is 3.29. The number of benzene rings is 2. The van der Waals surface area contributed by atoms with Crippen molar-refractivity contribution in [2.24, 2.45) is 11.8 Å². The number of furan rings is 1. The molecule has 0 saturated carbocycles. The minimum atomic E-state index is 0.0491. The molecule has 3 aromatic rings. The number of carbonyl (C=O) groups excluding carboxylic acids is 1. The molecule has 0 bridgehead atoms. The lowest BCUT2D eigenvalue weighted by Gasteiger charge is -2.34. The second-order valence-electron chi connectivity index (χ2n) is 9.92. The number of ether oxygens (including phenoxy) is 3. The first-order chi connectivity index (χ1) is 17.3. The minimum absolute atomic E-state index is 0.0491. The Balaban J connectivity index is 1.84. The van der Waals surface area contributed by atoms with Gasteiger partial charge >= 0.3 is 0 Å². The number of fused-ring (bicyclic) bond motifs is 1. The molecule has 1 fully saturated rings. The largest absolute Gasteiger partial charge is 0.497 e. The van der Waals surface area contributed by atoms with Gasteiger partial charge < -0.3 is 23.5 Å². The number of methoxy groups -OCH3 is 2. The van der Waals surface area contributed by atoms with Gasteiger partial charge in [-0.1, -0.05) is 13.8 Å². The van der Waals surface area contributed by atoms with Gasteiger partial charge in [-0.2, -0.15) is 0 Å². The van der Waals surface area contributed by atoms with Crippen molar-refractivity contribution in [3.05, 3.63) is 47.7 Å². The van der Waals surface area contributed by atoms with Crippen LogP contribution in [-0.2, 0) is 4.79 Å². The Morgan fingerprint density at radius 1 is 1.11 bits per heavy atom. The first kappa shape index (κ1) is 25.7. The molecule has 2 heterocycles. The van der Waals surface area contributed by atoms with Crippen molar-refractivity contribution >= 4 is 22.4 Å². The van der Waals surface area contributed by atoms with E-state index in [9.17, 15) is 4.79 Å². The summed E-state index contributed by atoms with van der Waals surface area (Å²) in [4.78, 5) is 15.2. The Morgan fingerprint density at radius 3 is 2.47 bits per heavy atom. The van der Waals surface area contributed by atoms with Crippen molar-refractivity contribution in [1.82, 2.24) is 4.90 Å². The van der Waals surface area contributed by atoms with Crippen molar-refractivity contribution in [2.45, 2.75) is 41.0 Å². The highest BCUT2D eigenvalue weighted by atomic mass is 16.5. The molecule has 1 aliphatic rings. The Hall–Kier alpha value is -3.41. The third-order valence-corrected chi connectivity index (χ3v) is 6.97. The molecule has 0 spiro atoms. The van der Waals surface area contributed by atoms with Gasteiger partial charge in [-0.3, -0.25) is 4.79 Å². The maximum absolute atomic E-state index is 13.2. The number of hydrogen-bond donors (Lipinski definition) is 0. The summed E-state index contributed by atoms with van der Waals surface area (Å²) >= 11 is 0. The van der Waals surface area contributed by atoms with Crippen LogP contribution in [0.25, 0.3) is 27.7 Å². The van der Waals surface area contributed by atoms with Gasteiger partial charge in [0, 0.05) is 46.8 Å². The van der Waals surface area contributed by atoms with Crippen LogP contribution in [0.5, 0.6) is 17.2 Å². The van der Waals surface area contributed by atoms with E-state index in [1.807, 2.05) is 43.9 Å². The zero-order chi connectivity index (χ0) is 26.0. The SMILES string of the molecule is CCOc1c(/C(C)=C/C(=O)N2CC(C)CC(C)C2)cc2c(-c3cc(OC)ccc3OC)coc2c1C. The Morgan fingerprint density at radius 2 is 1.83 bits per heavy atom. The van der Waals surface area contributed by atoms with Crippen LogP contribution in [0.15, 0.2) is 41.0 Å². The number of rotatable bonds is 7. The molecule has 36 heavy (non-hydrogen) atoms.